The predicted octanol–water partition coefficient (Wildman–Crippen LogP) is 7.82. The summed E-state index contributed by atoms with van der Waals surface area (Å²) in [5.41, 5.74) is 11.6. The number of ether oxygens (including phenoxy) is 1. The summed E-state index contributed by atoms with van der Waals surface area (Å²) in [7, 11) is 0. The van der Waals surface area contributed by atoms with Gasteiger partial charge in [0.05, 0.1) is 46.7 Å². The maximum atomic E-state index is 5.68. The van der Waals surface area contributed by atoms with Crippen LogP contribution in [-0.4, -0.2) is 14.1 Å². The van der Waals surface area contributed by atoms with Crippen molar-refractivity contribution in [3.05, 3.63) is 162 Å². The molecule has 8 aromatic rings. The lowest BCUT2D eigenvalue weighted by molar-refractivity contribution is -0.572. The highest BCUT2D eigenvalue weighted by Crippen LogP contribution is 2.33. The Morgan fingerprint density at radius 3 is 2.36 bits per heavy atom. The van der Waals surface area contributed by atoms with E-state index in [1.54, 1.807) is 0 Å². The lowest BCUT2D eigenvalue weighted by Crippen LogP contribution is -2.29. The van der Waals surface area contributed by atoms with E-state index in [-0.39, 0.29) is 0 Å². The van der Waals surface area contributed by atoms with Crippen LogP contribution in [-0.2, 0) is 24.4 Å². The summed E-state index contributed by atoms with van der Waals surface area (Å²) in [6, 6.07) is 45.3. The summed E-state index contributed by atoms with van der Waals surface area (Å²) in [5, 5.41) is 2.46. The molecule has 0 saturated heterocycles. The molecule has 44 heavy (non-hydrogen) atoms. The SMILES string of the molecule is [c-]1n(-c2cccc(Cc3ccc4c5ccccc5n(-c5cc6c(cn5)COC6)c4c3)c2)c2ccccc2[n+]1-c1ccccc1. The molecule has 3 aromatic heterocycles. The second-order valence-corrected chi connectivity index (χ2v) is 11.4. The van der Waals surface area contributed by atoms with E-state index in [0.717, 1.165) is 40.2 Å². The normalized spacial score (nSPS) is 12.8. The molecule has 0 aliphatic carbocycles. The number of para-hydroxylation sites is 4. The van der Waals surface area contributed by atoms with Crippen LogP contribution in [0, 0.1) is 6.33 Å². The lowest BCUT2D eigenvalue weighted by atomic mass is 10.0. The molecular weight excluding hydrogens is 540 g/mol. The molecule has 0 radical (unpaired) electrons. The molecule has 210 valence electrons. The molecule has 0 amide bonds. The van der Waals surface area contributed by atoms with Gasteiger partial charge in [0.15, 0.2) is 0 Å². The van der Waals surface area contributed by atoms with Gasteiger partial charge in [0.2, 0.25) is 0 Å². The summed E-state index contributed by atoms with van der Waals surface area (Å²) in [6.07, 6.45) is 6.39. The topological polar surface area (TPSA) is 35.9 Å². The monoisotopic (exact) mass is 568 g/mol. The highest BCUT2D eigenvalue weighted by atomic mass is 16.5. The zero-order valence-corrected chi connectivity index (χ0v) is 24.0. The van der Waals surface area contributed by atoms with Crippen LogP contribution in [0.4, 0.5) is 0 Å². The van der Waals surface area contributed by atoms with Gasteiger partial charge in [-0.05, 0) is 65.6 Å². The Morgan fingerprint density at radius 1 is 0.659 bits per heavy atom. The van der Waals surface area contributed by atoms with Gasteiger partial charge in [0.1, 0.15) is 5.82 Å². The van der Waals surface area contributed by atoms with Gasteiger partial charge in [0, 0.05) is 22.5 Å². The second kappa shape index (κ2) is 10.0. The average Bonchev–Trinajstić information content (AvgIpc) is 3.79. The van der Waals surface area contributed by atoms with Crippen molar-refractivity contribution in [3.63, 3.8) is 0 Å². The van der Waals surface area contributed by atoms with Crippen molar-refractivity contribution in [1.82, 2.24) is 14.1 Å². The molecule has 0 bridgehead atoms. The summed E-state index contributed by atoms with van der Waals surface area (Å²) in [6.45, 7) is 1.28. The van der Waals surface area contributed by atoms with E-state index in [1.807, 2.05) is 12.3 Å². The number of aromatic nitrogens is 4. The van der Waals surface area contributed by atoms with Crippen LogP contribution in [0.2, 0.25) is 0 Å². The zero-order valence-electron chi connectivity index (χ0n) is 24.0. The van der Waals surface area contributed by atoms with Crippen LogP contribution in [0.5, 0.6) is 0 Å². The first kappa shape index (κ1) is 25.0. The van der Waals surface area contributed by atoms with Gasteiger partial charge in [-0.15, -0.1) is 0 Å². The molecule has 5 nitrogen and oxygen atoms in total. The van der Waals surface area contributed by atoms with Gasteiger partial charge < -0.3 is 4.74 Å². The minimum Gasteiger partial charge on any atom is -0.372 e. The highest BCUT2D eigenvalue weighted by molar-refractivity contribution is 6.09. The van der Waals surface area contributed by atoms with E-state index in [2.05, 4.69) is 141 Å². The number of nitrogens with zero attached hydrogens (tertiary/aromatic N) is 4. The Kier molecular flexibility index (Phi) is 5.71. The molecule has 0 saturated carbocycles. The van der Waals surface area contributed by atoms with Crippen LogP contribution >= 0.6 is 0 Å². The molecule has 5 aromatic carbocycles. The van der Waals surface area contributed by atoms with Gasteiger partial charge in [-0.1, -0.05) is 84.9 Å². The Hall–Kier alpha value is -5.52. The van der Waals surface area contributed by atoms with Crippen LogP contribution in [0.3, 0.4) is 0 Å². The van der Waals surface area contributed by atoms with Crippen molar-refractivity contribution in [2.45, 2.75) is 19.6 Å². The van der Waals surface area contributed by atoms with E-state index in [9.17, 15) is 0 Å². The number of hydrogen-bond acceptors (Lipinski definition) is 2. The first-order valence-electron chi connectivity index (χ1n) is 15.0. The standard InChI is InChI=1S/C39H28N4O/c1-2-10-31(11-3-1)41-26-42(37-16-7-6-15-36(37)41)32-12-8-9-27(20-32)19-28-17-18-34-33-13-4-5-14-35(33)43(38(34)21-28)39-22-29-24-44-25-30(29)23-40-39/h1-18,20-23H,19,24-25H2. The molecule has 0 N–H and O–H groups in total. The Balaban J connectivity index is 1.13. The van der Waals surface area contributed by atoms with E-state index in [4.69, 9.17) is 9.72 Å². The Morgan fingerprint density at radius 2 is 1.43 bits per heavy atom. The number of benzene rings is 5. The number of fused-ring (bicyclic) bond motifs is 5. The summed E-state index contributed by atoms with van der Waals surface area (Å²) in [4.78, 5) is 4.88. The van der Waals surface area contributed by atoms with Crippen LogP contribution in [0.15, 0.2) is 134 Å². The Bertz CT molecular complexity index is 2350. The van der Waals surface area contributed by atoms with Gasteiger partial charge in [-0.25, -0.2) is 4.98 Å². The van der Waals surface area contributed by atoms with E-state index in [0.29, 0.717) is 13.2 Å². The third-order valence-corrected chi connectivity index (χ3v) is 8.71. The molecule has 5 heteroatoms. The fourth-order valence-electron chi connectivity index (χ4n) is 6.61. The van der Waals surface area contributed by atoms with Crippen molar-refractivity contribution in [2.24, 2.45) is 0 Å². The third kappa shape index (κ3) is 4.05. The van der Waals surface area contributed by atoms with Crippen LogP contribution in [0.25, 0.3) is 50.0 Å². The summed E-state index contributed by atoms with van der Waals surface area (Å²) < 4.78 is 12.3. The second-order valence-electron chi connectivity index (χ2n) is 11.4. The minimum atomic E-state index is 0.641. The first-order valence-corrected chi connectivity index (χ1v) is 15.0. The van der Waals surface area contributed by atoms with Crippen molar-refractivity contribution in [2.75, 3.05) is 0 Å². The molecular formula is C39H28N4O. The van der Waals surface area contributed by atoms with Gasteiger partial charge in [0.25, 0.3) is 6.33 Å². The quantitative estimate of drug-likeness (QED) is 0.157. The maximum Gasteiger partial charge on any atom is 0.269 e. The molecule has 1 aliphatic rings. The smallest absolute Gasteiger partial charge is 0.269 e. The summed E-state index contributed by atoms with van der Waals surface area (Å²) in [5.74, 6) is 0.932. The largest absolute Gasteiger partial charge is 0.372 e. The van der Waals surface area contributed by atoms with Crippen LogP contribution in [0.1, 0.15) is 22.3 Å². The fraction of sp³-hybridized carbons (Fsp3) is 0.0769. The molecule has 0 unspecified atom stereocenters. The molecule has 0 fully saturated rings. The fourth-order valence-corrected chi connectivity index (χ4v) is 6.61. The van der Waals surface area contributed by atoms with E-state index < -0.39 is 0 Å². The van der Waals surface area contributed by atoms with Gasteiger partial charge in [-0.2, -0.15) is 0 Å². The first-order chi connectivity index (χ1) is 21.8. The molecule has 1 aliphatic heterocycles. The lowest BCUT2D eigenvalue weighted by Gasteiger charge is -2.10. The van der Waals surface area contributed by atoms with Crippen molar-refractivity contribution < 1.29 is 9.30 Å². The Labute approximate surface area is 254 Å². The van der Waals surface area contributed by atoms with E-state index >= 15 is 0 Å². The predicted molar refractivity (Wildman–Crippen MR) is 174 cm³/mol. The van der Waals surface area contributed by atoms with Crippen molar-refractivity contribution >= 4 is 32.8 Å². The van der Waals surface area contributed by atoms with Crippen molar-refractivity contribution in [1.29, 1.82) is 0 Å². The number of imidazole rings is 1. The molecule has 0 atom stereocenters. The third-order valence-electron chi connectivity index (χ3n) is 8.71. The molecule has 0 spiro atoms. The number of pyridine rings is 1. The molecule has 4 heterocycles. The van der Waals surface area contributed by atoms with Crippen LogP contribution < -0.4 is 4.57 Å². The maximum absolute atomic E-state index is 5.68. The summed E-state index contributed by atoms with van der Waals surface area (Å²) >= 11 is 0. The number of rotatable bonds is 5. The van der Waals surface area contributed by atoms with Gasteiger partial charge >= 0.3 is 0 Å². The zero-order chi connectivity index (χ0) is 29.0. The van der Waals surface area contributed by atoms with Crippen molar-refractivity contribution in [3.8, 4) is 17.2 Å². The molecule has 9 rings (SSSR count). The minimum absolute atomic E-state index is 0.641. The number of hydrogen-bond donors (Lipinski definition) is 0. The highest BCUT2D eigenvalue weighted by Gasteiger charge is 2.18. The average molecular weight is 569 g/mol. The van der Waals surface area contributed by atoms with E-state index in [1.165, 1.54) is 38.5 Å². The van der Waals surface area contributed by atoms with Gasteiger partial charge in [-0.3, -0.25) is 13.7 Å².